The van der Waals surface area contributed by atoms with E-state index >= 15 is 0 Å². The standard InChI is InChI=1S/C8H9N2O2/c9-7(8(10)12)5-1-3-6(11)4-2-5/h1-4,7,10-11H,9H2/t7-/m1/s1. The molecule has 1 amide bonds. The van der Waals surface area contributed by atoms with Crippen molar-refractivity contribution in [2.24, 2.45) is 5.73 Å². The highest BCUT2D eigenvalue weighted by atomic mass is 16.3. The predicted octanol–water partition coefficient (Wildman–Crippen LogP) is 0.201. The quantitative estimate of drug-likeness (QED) is 0.656. The molecule has 0 bridgehead atoms. The van der Waals surface area contributed by atoms with E-state index in [-0.39, 0.29) is 5.75 Å². The molecule has 1 atom stereocenters. The van der Waals surface area contributed by atoms with E-state index < -0.39 is 11.9 Å². The summed E-state index contributed by atoms with van der Waals surface area (Å²) in [6.07, 6.45) is 0. The Labute approximate surface area is 69.8 Å². The number of nitrogens with two attached hydrogens (primary N) is 1. The third kappa shape index (κ3) is 1.73. The van der Waals surface area contributed by atoms with E-state index in [9.17, 15) is 4.79 Å². The number of phenolic OH excluding ortho intramolecular Hbond substituents is 1. The zero-order valence-electron chi connectivity index (χ0n) is 6.32. The summed E-state index contributed by atoms with van der Waals surface area (Å²) in [5.74, 6) is -0.718. The van der Waals surface area contributed by atoms with E-state index in [0.717, 1.165) is 0 Å². The van der Waals surface area contributed by atoms with Gasteiger partial charge in [0.25, 0.3) is 5.91 Å². The van der Waals surface area contributed by atoms with Gasteiger partial charge in [0.1, 0.15) is 11.8 Å². The third-order valence-corrected chi connectivity index (χ3v) is 1.53. The number of aromatic hydroxyl groups is 1. The molecule has 0 aliphatic heterocycles. The Bertz CT molecular complexity index is 282. The average molecular weight is 165 g/mol. The van der Waals surface area contributed by atoms with E-state index in [1.807, 2.05) is 0 Å². The van der Waals surface area contributed by atoms with Crippen molar-refractivity contribution < 1.29 is 9.90 Å². The van der Waals surface area contributed by atoms with Crippen LogP contribution in [-0.2, 0) is 4.79 Å². The van der Waals surface area contributed by atoms with Gasteiger partial charge in [-0.05, 0) is 17.7 Å². The van der Waals surface area contributed by atoms with Crippen LogP contribution < -0.4 is 11.5 Å². The largest absolute Gasteiger partial charge is 0.508 e. The van der Waals surface area contributed by atoms with Crippen molar-refractivity contribution in [3.8, 4) is 5.75 Å². The molecule has 4 nitrogen and oxygen atoms in total. The van der Waals surface area contributed by atoms with Crippen molar-refractivity contribution in [3.63, 3.8) is 0 Å². The smallest absolute Gasteiger partial charge is 0.259 e. The van der Waals surface area contributed by atoms with Gasteiger partial charge in [0, 0.05) is 0 Å². The second-order valence-electron chi connectivity index (χ2n) is 2.43. The number of hydrogen-bond acceptors (Lipinski definition) is 3. The topological polar surface area (TPSA) is 87.1 Å². The molecule has 0 saturated carbocycles. The summed E-state index contributed by atoms with van der Waals surface area (Å²) in [4.78, 5) is 10.5. The van der Waals surface area contributed by atoms with Gasteiger partial charge < -0.3 is 10.8 Å². The Hall–Kier alpha value is -1.55. The first-order valence-electron chi connectivity index (χ1n) is 3.41. The molecule has 0 unspecified atom stereocenters. The lowest BCUT2D eigenvalue weighted by Crippen LogP contribution is -2.21. The zero-order valence-corrected chi connectivity index (χ0v) is 6.32. The molecule has 0 aliphatic rings. The van der Waals surface area contributed by atoms with Gasteiger partial charge in [-0.25, -0.2) is 0 Å². The number of benzene rings is 1. The van der Waals surface area contributed by atoms with Crippen LogP contribution in [0, 0.1) is 0 Å². The lowest BCUT2D eigenvalue weighted by atomic mass is 10.1. The van der Waals surface area contributed by atoms with Crippen LogP contribution >= 0.6 is 0 Å². The van der Waals surface area contributed by atoms with Gasteiger partial charge in [0.2, 0.25) is 0 Å². The molecule has 0 aromatic heterocycles. The molecule has 63 valence electrons. The van der Waals surface area contributed by atoms with Gasteiger partial charge in [0.05, 0.1) is 0 Å². The van der Waals surface area contributed by atoms with Gasteiger partial charge in [-0.1, -0.05) is 12.1 Å². The number of nitrogens with one attached hydrogen (secondary N) is 1. The van der Waals surface area contributed by atoms with Crippen molar-refractivity contribution >= 4 is 5.91 Å². The van der Waals surface area contributed by atoms with Crippen LogP contribution in [0.25, 0.3) is 0 Å². The maximum atomic E-state index is 10.5. The molecule has 0 aliphatic carbocycles. The molecule has 0 fully saturated rings. The maximum absolute atomic E-state index is 10.5. The number of phenols is 1. The minimum absolute atomic E-state index is 0.114. The van der Waals surface area contributed by atoms with Crippen LogP contribution in [0.4, 0.5) is 0 Å². The van der Waals surface area contributed by atoms with E-state index in [1.165, 1.54) is 24.3 Å². The lowest BCUT2D eigenvalue weighted by Gasteiger charge is -2.05. The minimum atomic E-state index is -0.911. The summed E-state index contributed by atoms with van der Waals surface area (Å²) in [6.45, 7) is 0. The molecule has 4 N–H and O–H groups in total. The van der Waals surface area contributed by atoms with Crippen molar-refractivity contribution in [2.75, 3.05) is 0 Å². The Kier molecular flexibility index (Phi) is 2.30. The Morgan fingerprint density at radius 3 is 2.33 bits per heavy atom. The molecule has 0 saturated heterocycles. The number of carbonyl (C=O) groups excluding carboxylic acids is 1. The van der Waals surface area contributed by atoms with Crippen molar-refractivity contribution in [2.45, 2.75) is 6.04 Å². The summed E-state index contributed by atoms with van der Waals surface area (Å²) < 4.78 is 0. The van der Waals surface area contributed by atoms with E-state index in [4.69, 9.17) is 16.6 Å². The predicted molar refractivity (Wildman–Crippen MR) is 43.1 cm³/mol. The van der Waals surface area contributed by atoms with E-state index in [1.54, 1.807) is 0 Å². The van der Waals surface area contributed by atoms with Gasteiger partial charge >= 0.3 is 0 Å². The Morgan fingerprint density at radius 2 is 1.92 bits per heavy atom. The third-order valence-electron chi connectivity index (χ3n) is 1.53. The number of hydrogen-bond donors (Lipinski definition) is 2. The fourth-order valence-corrected chi connectivity index (χ4v) is 0.833. The Balaban J connectivity index is 2.89. The second-order valence-corrected chi connectivity index (χ2v) is 2.43. The summed E-state index contributed by atoms with van der Waals surface area (Å²) in [5.41, 5.74) is 12.7. The van der Waals surface area contributed by atoms with Crippen LogP contribution in [0.1, 0.15) is 11.6 Å². The molecule has 0 heterocycles. The SMILES string of the molecule is [NH]C(=O)[C@H](N)c1ccc(O)cc1. The van der Waals surface area contributed by atoms with Crippen LogP contribution in [0.15, 0.2) is 24.3 Å². The molecule has 1 radical (unpaired) electrons. The van der Waals surface area contributed by atoms with Crippen LogP contribution in [0.5, 0.6) is 5.75 Å². The summed E-state index contributed by atoms with van der Waals surface area (Å²) >= 11 is 0. The molecule has 12 heavy (non-hydrogen) atoms. The molecule has 4 heteroatoms. The van der Waals surface area contributed by atoms with Gasteiger partial charge in [-0.2, -0.15) is 0 Å². The van der Waals surface area contributed by atoms with Crippen molar-refractivity contribution in [1.29, 1.82) is 0 Å². The van der Waals surface area contributed by atoms with E-state index in [2.05, 4.69) is 0 Å². The highest BCUT2D eigenvalue weighted by Crippen LogP contribution is 2.14. The summed E-state index contributed by atoms with van der Waals surface area (Å²) in [5, 5.41) is 8.90. The highest BCUT2D eigenvalue weighted by Gasteiger charge is 2.11. The molecule has 1 aromatic rings. The molecule has 0 spiro atoms. The van der Waals surface area contributed by atoms with Crippen molar-refractivity contribution in [1.82, 2.24) is 5.73 Å². The first-order chi connectivity index (χ1) is 5.61. The van der Waals surface area contributed by atoms with Crippen LogP contribution in [-0.4, -0.2) is 11.0 Å². The monoisotopic (exact) mass is 165 g/mol. The average Bonchev–Trinajstić information content (AvgIpc) is 2.04. The molecular formula is C8H9N2O2. The van der Waals surface area contributed by atoms with Crippen molar-refractivity contribution in [3.05, 3.63) is 29.8 Å². The van der Waals surface area contributed by atoms with Gasteiger partial charge in [-0.15, -0.1) is 0 Å². The van der Waals surface area contributed by atoms with Gasteiger partial charge in [0.15, 0.2) is 0 Å². The molecule has 1 rings (SSSR count). The normalized spacial score (nSPS) is 12.4. The van der Waals surface area contributed by atoms with Gasteiger partial charge in [-0.3, -0.25) is 10.5 Å². The fraction of sp³-hybridized carbons (Fsp3) is 0.125. The minimum Gasteiger partial charge on any atom is -0.508 e. The number of rotatable bonds is 2. The first-order valence-corrected chi connectivity index (χ1v) is 3.41. The highest BCUT2D eigenvalue weighted by molar-refractivity contribution is 5.80. The summed E-state index contributed by atoms with van der Waals surface area (Å²) in [7, 11) is 0. The summed E-state index contributed by atoms with van der Waals surface area (Å²) in [6, 6.07) is 4.99. The fourth-order valence-electron chi connectivity index (χ4n) is 0.833. The van der Waals surface area contributed by atoms with E-state index in [0.29, 0.717) is 5.56 Å². The molecular weight excluding hydrogens is 156 g/mol. The maximum Gasteiger partial charge on any atom is 0.259 e. The Morgan fingerprint density at radius 1 is 1.42 bits per heavy atom. The number of carbonyl (C=O) groups is 1. The second kappa shape index (κ2) is 3.23. The van der Waals surface area contributed by atoms with Crippen LogP contribution in [0.3, 0.4) is 0 Å². The van der Waals surface area contributed by atoms with Crippen LogP contribution in [0.2, 0.25) is 0 Å². The first kappa shape index (κ1) is 8.55. The number of amides is 1. The zero-order chi connectivity index (χ0) is 9.14. The molecule has 1 aromatic carbocycles. The lowest BCUT2D eigenvalue weighted by molar-refractivity contribution is -0.120.